The van der Waals surface area contributed by atoms with Crippen LogP contribution in [0.5, 0.6) is 0 Å². The van der Waals surface area contributed by atoms with E-state index in [1.165, 1.54) is 37.1 Å². The topological polar surface area (TPSA) is 40.1 Å². The van der Waals surface area contributed by atoms with Crippen LogP contribution in [0.15, 0.2) is 29.3 Å². The lowest BCUT2D eigenvalue weighted by Crippen LogP contribution is -2.40. The number of hydrogen-bond acceptors (Lipinski definition) is 3. The summed E-state index contributed by atoms with van der Waals surface area (Å²) in [5.74, 6) is 3.24. The largest absolute Gasteiger partial charge is 0.384 e. The zero-order chi connectivity index (χ0) is 20.6. The number of likely N-dealkylation sites (tertiary alicyclic amines) is 2. The first-order valence-corrected chi connectivity index (χ1v) is 11.4. The molecule has 3 atom stereocenters. The molecule has 2 aliphatic heterocycles. The van der Waals surface area contributed by atoms with E-state index in [2.05, 4.69) is 60.2 Å². The molecular weight excluding hydrogens is 487 g/mol. The first-order valence-electron chi connectivity index (χ1n) is 11.4. The molecule has 0 aliphatic carbocycles. The van der Waals surface area contributed by atoms with Gasteiger partial charge in [0.25, 0.3) is 0 Å². The van der Waals surface area contributed by atoms with E-state index in [-0.39, 0.29) is 24.0 Å². The zero-order valence-corrected chi connectivity index (χ0v) is 21.6. The number of halogens is 1. The Morgan fingerprint density at radius 2 is 1.83 bits per heavy atom. The standard InChI is InChI=1S/C24H40N4O.HI/c1-5-25-24(28-11-10-21(16-28)18-29-4)26-13-22-8-6-7-9-23(22)17-27-14-19(2)12-20(3)15-27;/h6-9,19-21H,5,10-18H2,1-4H3,(H,25,26);1H. The van der Waals surface area contributed by atoms with Crippen LogP contribution in [0, 0.1) is 17.8 Å². The van der Waals surface area contributed by atoms with Crippen molar-refractivity contribution in [3.05, 3.63) is 35.4 Å². The van der Waals surface area contributed by atoms with Crippen molar-refractivity contribution in [2.24, 2.45) is 22.7 Å². The van der Waals surface area contributed by atoms with Crippen LogP contribution in [-0.4, -0.2) is 62.2 Å². The lowest BCUT2D eigenvalue weighted by atomic mass is 9.91. The number of nitrogens with one attached hydrogen (secondary N) is 1. The maximum atomic E-state index is 5.35. The monoisotopic (exact) mass is 528 g/mol. The van der Waals surface area contributed by atoms with Crippen molar-refractivity contribution in [2.75, 3.05) is 46.4 Å². The number of guanidine groups is 1. The summed E-state index contributed by atoms with van der Waals surface area (Å²) in [5, 5.41) is 3.49. The number of nitrogens with zero attached hydrogens (tertiary/aromatic N) is 3. The number of aliphatic imine (C=N–C) groups is 1. The van der Waals surface area contributed by atoms with E-state index < -0.39 is 0 Å². The molecule has 30 heavy (non-hydrogen) atoms. The molecule has 1 N–H and O–H groups in total. The Morgan fingerprint density at radius 1 is 1.13 bits per heavy atom. The summed E-state index contributed by atoms with van der Waals surface area (Å²) >= 11 is 0. The Balaban J connectivity index is 0.00000320. The van der Waals surface area contributed by atoms with Gasteiger partial charge in [0, 0.05) is 52.3 Å². The molecule has 0 saturated carbocycles. The van der Waals surface area contributed by atoms with Crippen molar-refractivity contribution in [1.82, 2.24) is 15.1 Å². The fourth-order valence-corrected chi connectivity index (χ4v) is 5.01. The highest BCUT2D eigenvalue weighted by molar-refractivity contribution is 14.0. The van der Waals surface area contributed by atoms with E-state index in [0.29, 0.717) is 5.92 Å². The van der Waals surface area contributed by atoms with E-state index in [1.807, 2.05) is 0 Å². The Bertz CT molecular complexity index is 658. The minimum Gasteiger partial charge on any atom is -0.384 e. The minimum atomic E-state index is 0. The smallest absolute Gasteiger partial charge is 0.194 e. The summed E-state index contributed by atoms with van der Waals surface area (Å²) in [5.41, 5.74) is 2.77. The van der Waals surface area contributed by atoms with Crippen molar-refractivity contribution in [2.45, 2.75) is 46.7 Å². The van der Waals surface area contributed by atoms with Gasteiger partial charge in [-0.25, -0.2) is 4.99 Å². The minimum absolute atomic E-state index is 0. The van der Waals surface area contributed by atoms with Crippen LogP contribution in [0.1, 0.15) is 44.7 Å². The highest BCUT2D eigenvalue weighted by Gasteiger charge is 2.25. The molecule has 0 radical (unpaired) electrons. The van der Waals surface area contributed by atoms with E-state index in [4.69, 9.17) is 9.73 Å². The van der Waals surface area contributed by atoms with Gasteiger partial charge >= 0.3 is 0 Å². The van der Waals surface area contributed by atoms with Crippen LogP contribution in [0.25, 0.3) is 0 Å². The van der Waals surface area contributed by atoms with E-state index in [1.54, 1.807) is 7.11 Å². The third-order valence-corrected chi connectivity index (χ3v) is 6.18. The van der Waals surface area contributed by atoms with Gasteiger partial charge in [0.1, 0.15) is 0 Å². The molecule has 0 spiro atoms. The molecule has 0 aromatic heterocycles. The molecule has 6 heteroatoms. The van der Waals surface area contributed by atoms with Gasteiger partial charge in [-0.1, -0.05) is 38.1 Å². The van der Waals surface area contributed by atoms with Gasteiger partial charge in [-0.3, -0.25) is 4.90 Å². The molecule has 2 aliphatic rings. The van der Waals surface area contributed by atoms with Gasteiger partial charge in [-0.05, 0) is 42.7 Å². The molecule has 0 bridgehead atoms. The van der Waals surface area contributed by atoms with Gasteiger partial charge < -0.3 is 15.0 Å². The van der Waals surface area contributed by atoms with Crippen molar-refractivity contribution in [3.8, 4) is 0 Å². The average molecular weight is 529 g/mol. The van der Waals surface area contributed by atoms with E-state index >= 15 is 0 Å². The van der Waals surface area contributed by atoms with Crippen LogP contribution < -0.4 is 5.32 Å². The highest BCUT2D eigenvalue weighted by Crippen LogP contribution is 2.24. The molecule has 1 aromatic carbocycles. The zero-order valence-electron chi connectivity index (χ0n) is 19.3. The van der Waals surface area contributed by atoms with Crippen molar-refractivity contribution in [3.63, 3.8) is 0 Å². The lowest BCUT2D eigenvalue weighted by molar-refractivity contribution is 0.134. The molecular formula is C24H41IN4O. The summed E-state index contributed by atoms with van der Waals surface area (Å²) < 4.78 is 5.35. The normalized spacial score (nSPS) is 25.3. The number of rotatable bonds is 7. The van der Waals surface area contributed by atoms with Crippen LogP contribution in [-0.2, 0) is 17.8 Å². The number of ether oxygens (including phenoxy) is 1. The quantitative estimate of drug-likeness (QED) is 0.327. The summed E-state index contributed by atoms with van der Waals surface area (Å²) in [6, 6.07) is 8.84. The SMILES string of the molecule is CCNC(=NCc1ccccc1CN1CC(C)CC(C)C1)N1CCC(COC)C1.I. The third-order valence-electron chi connectivity index (χ3n) is 6.18. The highest BCUT2D eigenvalue weighted by atomic mass is 127. The molecule has 1 aromatic rings. The third kappa shape index (κ3) is 7.38. The Hall–Kier alpha value is -0.860. The van der Waals surface area contributed by atoms with E-state index in [0.717, 1.165) is 57.1 Å². The Labute approximate surface area is 200 Å². The Morgan fingerprint density at radius 3 is 2.50 bits per heavy atom. The number of hydrogen-bond donors (Lipinski definition) is 1. The van der Waals surface area contributed by atoms with Gasteiger partial charge in [0.15, 0.2) is 5.96 Å². The maximum Gasteiger partial charge on any atom is 0.194 e. The second-order valence-corrected chi connectivity index (χ2v) is 9.14. The van der Waals surface area contributed by atoms with Crippen molar-refractivity contribution in [1.29, 1.82) is 0 Å². The summed E-state index contributed by atoms with van der Waals surface area (Å²) in [4.78, 5) is 10.0. The average Bonchev–Trinajstić information content (AvgIpc) is 3.14. The van der Waals surface area contributed by atoms with Gasteiger partial charge in [-0.15, -0.1) is 24.0 Å². The van der Waals surface area contributed by atoms with Crippen molar-refractivity contribution >= 4 is 29.9 Å². The lowest BCUT2D eigenvalue weighted by Gasteiger charge is -2.35. The maximum absolute atomic E-state index is 5.35. The molecule has 170 valence electrons. The molecule has 5 nitrogen and oxygen atoms in total. The fourth-order valence-electron chi connectivity index (χ4n) is 5.01. The predicted octanol–water partition coefficient (Wildman–Crippen LogP) is 4.22. The summed E-state index contributed by atoms with van der Waals surface area (Å²) in [6.07, 6.45) is 2.54. The molecule has 0 amide bonds. The van der Waals surface area contributed by atoms with Crippen LogP contribution in [0.2, 0.25) is 0 Å². The first kappa shape index (κ1) is 25.4. The summed E-state index contributed by atoms with van der Waals surface area (Å²) in [6.45, 7) is 14.9. The Kier molecular flexibility index (Phi) is 10.9. The molecule has 2 fully saturated rings. The van der Waals surface area contributed by atoms with Crippen molar-refractivity contribution < 1.29 is 4.74 Å². The number of piperidine rings is 1. The molecule has 3 rings (SSSR count). The number of benzene rings is 1. The van der Waals surface area contributed by atoms with Crippen LogP contribution in [0.3, 0.4) is 0 Å². The van der Waals surface area contributed by atoms with Crippen LogP contribution in [0.4, 0.5) is 0 Å². The van der Waals surface area contributed by atoms with E-state index in [9.17, 15) is 0 Å². The second-order valence-electron chi connectivity index (χ2n) is 9.14. The first-order chi connectivity index (χ1) is 14.1. The predicted molar refractivity (Wildman–Crippen MR) is 136 cm³/mol. The fraction of sp³-hybridized carbons (Fsp3) is 0.708. The van der Waals surface area contributed by atoms with Gasteiger partial charge in [-0.2, -0.15) is 0 Å². The molecule has 3 unspecified atom stereocenters. The van der Waals surface area contributed by atoms with Crippen LogP contribution >= 0.6 is 24.0 Å². The second kappa shape index (κ2) is 12.9. The summed E-state index contributed by atoms with van der Waals surface area (Å²) in [7, 11) is 1.79. The number of methoxy groups -OCH3 is 1. The molecule has 2 saturated heterocycles. The molecule has 2 heterocycles. The van der Waals surface area contributed by atoms with Gasteiger partial charge in [0.05, 0.1) is 13.2 Å². The van der Waals surface area contributed by atoms with Gasteiger partial charge in [0.2, 0.25) is 0 Å².